The van der Waals surface area contributed by atoms with Crippen molar-refractivity contribution < 1.29 is 14.3 Å². The van der Waals surface area contributed by atoms with Crippen LogP contribution in [0.3, 0.4) is 0 Å². The summed E-state index contributed by atoms with van der Waals surface area (Å²) in [5, 5.41) is 0. The first-order chi connectivity index (χ1) is 10.7. The molecule has 1 aliphatic heterocycles. The van der Waals surface area contributed by atoms with E-state index < -0.39 is 0 Å². The molecular formula is C18H23NO3. The zero-order valence-corrected chi connectivity index (χ0v) is 13.2. The van der Waals surface area contributed by atoms with Crippen LogP contribution in [0.25, 0.3) is 6.08 Å². The van der Waals surface area contributed by atoms with Crippen LogP contribution >= 0.6 is 0 Å². The van der Waals surface area contributed by atoms with E-state index in [-0.39, 0.29) is 5.91 Å². The number of hydrogen-bond acceptors (Lipinski definition) is 3. The first-order valence-electron chi connectivity index (χ1n) is 7.60. The fourth-order valence-corrected chi connectivity index (χ4v) is 2.49. The summed E-state index contributed by atoms with van der Waals surface area (Å²) in [5.74, 6) is 1.63. The van der Waals surface area contributed by atoms with Gasteiger partial charge in [-0.3, -0.25) is 4.79 Å². The normalized spacial score (nSPS) is 15.5. The molecule has 1 saturated heterocycles. The van der Waals surface area contributed by atoms with Crippen LogP contribution in [0.5, 0.6) is 11.5 Å². The highest BCUT2D eigenvalue weighted by Gasteiger charge is 2.13. The average Bonchev–Trinajstić information content (AvgIpc) is 2.59. The fraction of sp³-hybridized carbons (Fsp3) is 0.389. The number of likely N-dealkylation sites (tertiary alicyclic amines) is 1. The van der Waals surface area contributed by atoms with Gasteiger partial charge in [0.2, 0.25) is 5.91 Å². The summed E-state index contributed by atoms with van der Waals surface area (Å²) in [6.45, 7) is 1.74. The van der Waals surface area contributed by atoms with E-state index in [1.807, 2.05) is 35.3 Å². The Labute approximate surface area is 132 Å². The number of allylic oxidation sites excluding steroid dienone is 2. The number of amides is 1. The number of rotatable bonds is 5. The van der Waals surface area contributed by atoms with Gasteiger partial charge in [-0.05, 0) is 37.5 Å². The first-order valence-corrected chi connectivity index (χ1v) is 7.60. The number of piperidine rings is 1. The summed E-state index contributed by atoms with van der Waals surface area (Å²) in [6.07, 6.45) is 10.6. The number of hydrogen-bond donors (Lipinski definition) is 0. The highest BCUT2D eigenvalue weighted by atomic mass is 16.5. The predicted molar refractivity (Wildman–Crippen MR) is 88.2 cm³/mol. The molecule has 0 spiro atoms. The molecular weight excluding hydrogens is 278 g/mol. The summed E-state index contributed by atoms with van der Waals surface area (Å²) in [6, 6.07) is 5.61. The van der Waals surface area contributed by atoms with E-state index in [1.165, 1.54) is 6.42 Å². The van der Waals surface area contributed by atoms with E-state index in [4.69, 9.17) is 9.47 Å². The van der Waals surface area contributed by atoms with Crippen LogP contribution in [0, 0.1) is 0 Å². The van der Waals surface area contributed by atoms with E-state index in [2.05, 4.69) is 0 Å². The molecule has 0 saturated carbocycles. The molecule has 0 bridgehead atoms. The lowest BCUT2D eigenvalue weighted by molar-refractivity contribution is -0.126. The van der Waals surface area contributed by atoms with E-state index >= 15 is 0 Å². The molecule has 1 aromatic carbocycles. The highest BCUT2D eigenvalue weighted by molar-refractivity contribution is 5.88. The second kappa shape index (κ2) is 8.27. The molecule has 0 aliphatic carbocycles. The molecule has 22 heavy (non-hydrogen) atoms. The zero-order chi connectivity index (χ0) is 15.8. The molecule has 118 valence electrons. The van der Waals surface area contributed by atoms with Crippen molar-refractivity contribution in [2.75, 3.05) is 27.3 Å². The van der Waals surface area contributed by atoms with Crippen molar-refractivity contribution in [2.24, 2.45) is 0 Å². The van der Waals surface area contributed by atoms with Crippen molar-refractivity contribution in [3.05, 3.63) is 42.0 Å². The van der Waals surface area contributed by atoms with Crippen LogP contribution < -0.4 is 9.47 Å². The zero-order valence-electron chi connectivity index (χ0n) is 13.2. The third-order valence-electron chi connectivity index (χ3n) is 3.73. The largest absolute Gasteiger partial charge is 0.497 e. The SMILES string of the molecule is COc1ccc(OC)c(/C=C/C=C\C(=O)N2CCCCC2)c1. The Hall–Kier alpha value is -2.23. The Morgan fingerprint density at radius 1 is 1.09 bits per heavy atom. The second-order valence-electron chi connectivity index (χ2n) is 5.21. The van der Waals surface area contributed by atoms with Crippen LogP contribution in [0.4, 0.5) is 0 Å². The standard InChI is InChI=1S/C18H23NO3/c1-21-16-10-11-17(22-2)15(14-16)8-4-5-9-18(20)19-12-6-3-7-13-19/h4-5,8-11,14H,3,6-7,12-13H2,1-2H3/b8-4+,9-5-. The van der Waals surface area contributed by atoms with Gasteiger partial charge in [-0.1, -0.05) is 18.2 Å². The molecule has 1 heterocycles. The number of methoxy groups -OCH3 is 2. The number of carbonyl (C=O) groups excluding carboxylic acids is 1. The van der Waals surface area contributed by atoms with Gasteiger partial charge >= 0.3 is 0 Å². The molecule has 0 atom stereocenters. The Morgan fingerprint density at radius 2 is 1.86 bits per heavy atom. The minimum Gasteiger partial charge on any atom is -0.497 e. The van der Waals surface area contributed by atoms with Gasteiger partial charge in [-0.2, -0.15) is 0 Å². The summed E-state index contributed by atoms with van der Waals surface area (Å²) in [7, 11) is 3.27. The minimum atomic E-state index is 0.0851. The Morgan fingerprint density at radius 3 is 2.55 bits per heavy atom. The van der Waals surface area contributed by atoms with Crippen molar-refractivity contribution in [3.63, 3.8) is 0 Å². The molecule has 4 nitrogen and oxygen atoms in total. The van der Waals surface area contributed by atoms with Gasteiger partial charge in [0.15, 0.2) is 0 Å². The van der Waals surface area contributed by atoms with Crippen LogP contribution in [0.1, 0.15) is 24.8 Å². The van der Waals surface area contributed by atoms with Crippen LogP contribution in [-0.4, -0.2) is 38.1 Å². The van der Waals surface area contributed by atoms with E-state index in [1.54, 1.807) is 26.4 Å². The monoisotopic (exact) mass is 301 g/mol. The van der Waals surface area contributed by atoms with Crippen LogP contribution in [-0.2, 0) is 4.79 Å². The van der Waals surface area contributed by atoms with Gasteiger partial charge in [0.05, 0.1) is 14.2 Å². The molecule has 0 radical (unpaired) electrons. The number of nitrogens with zero attached hydrogens (tertiary/aromatic N) is 1. The third-order valence-corrected chi connectivity index (χ3v) is 3.73. The number of ether oxygens (including phenoxy) is 2. The van der Waals surface area contributed by atoms with Crippen LogP contribution in [0.15, 0.2) is 36.4 Å². The van der Waals surface area contributed by atoms with E-state index in [0.29, 0.717) is 0 Å². The maximum Gasteiger partial charge on any atom is 0.246 e. The topological polar surface area (TPSA) is 38.8 Å². The Kier molecular flexibility index (Phi) is 6.07. The molecule has 1 aromatic rings. The van der Waals surface area contributed by atoms with Gasteiger partial charge in [0.25, 0.3) is 0 Å². The van der Waals surface area contributed by atoms with Crippen LogP contribution in [0.2, 0.25) is 0 Å². The fourth-order valence-electron chi connectivity index (χ4n) is 2.49. The summed E-state index contributed by atoms with van der Waals surface area (Å²) in [5.41, 5.74) is 0.914. The second-order valence-corrected chi connectivity index (χ2v) is 5.21. The maximum absolute atomic E-state index is 12.0. The summed E-state index contributed by atoms with van der Waals surface area (Å²) < 4.78 is 10.5. The van der Waals surface area contributed by atoms with Gasteiger partial charge < -0.3 is 14.4 Å². The van der Waals surface area contributed by atoms with Gasteiger partial charge in [-0.25, -0.2) is 0 Å². The summed E-state index contributed by atoms with van der Waals surface area (Å²) in [4.78, 5) is 13.9. The lowest BCUT2D eigenvalue weighted by Gasteiger charge is -2.25. The molecule has 1 amide bonds. The van der Waals surface area contributed by atoms with Crippen molar-refractivity contribution in [1.82, 2.24) is 4.90 Å². The maximum atomic E-state index is 12.0. The Bertz CT molecular complexity index is 557. The van der Waals surface area contributed by atoms with Crippen molar-refractivity contribution in [3.8, 4) is 11.5 Å². The molecule has 4 heteroatoms. The van der Waals surface area contributed by atoms with Crippen molar-refractivity contribution >= 4 is 12.0 Å². The van der Waals surface area contributed by atoms with Gasteiger partial charge in [0, 0.05) is 24.7 Å². The lowest BCUT2D eigenvalue weighted by Crippen LogP contribution is -2.34. The molecule has 0 N–H and O–H groups in total. The van der Waals surface area contributed by atoms with Gasteiger partial charge in [0.1, 0.15) is 11.5 Å². The molecule has 2 rings (SSSR count). The molecule has 1 fully saturated rings. The quantitative estimate of drug-likeness (QED) is 0.619. The smallest absolute Gasteiger partial charge is 0.246 e. The highest BCUT2D eigenvalue weighted by Crippen LogP contribution is 2.25. The number of benzene rings is 1. The predicted octanol–water partition coefficient (Wildman–Crippen LogP) is 3.29. The number of carbonyl (C=O) groups is 1. The Balaban J connectivity index is 1.99. The molecule has 1 aliphatic rings. The van der Waals surface area contributed by atoms with E-state index in [9.17, 15) is 4.79 Å². The van der Waals surface area contributed by atoms with Gasteiger partial charge in [-0.15, -0.1) is 0 Å². The molecule has 0 unspecified atom stereocenters. The summed E-state index contributed by atoms with van der Waals surface area (Å²) >= 11 is 0. The molecule has 0 aromatic heterocycles. The van der Waals surface area contributed by atoms with Crippen molar-refractivity contribution in [1.29, 1.82) is 0 Å². The minimum absolute atomic E-state index is 0.0851. The lowest BCUT2D eigenvalue weighted by atomic mass is 10.1. The third kappa shape index (κ3) is 4.38. The van der Waals surface area contributed by atoms with E-state index in [0.717, 1.165) is 43.0 Å². The first kappa shape index (κ1) is 16.1. The van der Waals surface area contributed by atoms with Crippen molar-refractivity contribution in [2.45, 2.75) is 19.3 Å². The average molecular weight is 301 g/mol.